The number of hydrogen-bond donors (Lipinski definition) is 0. The van der Waals surface area contributed by atoms with Gasteiger partial charge in [-0.2, -0.15) is 0 Å². The molecule has 0 aromatic heterocycles. The second kappa shape index (κ2) is 7.62. The number of terminal acetylenes is 1. The van der Waals surface area contributed by atoms with Crippen LogP contribution >= 0.6 is 7.37 Å². The van der Waals surface area contributed by atoms with Crippen LogP contribution in [0.4, 0.5) is 0 Å². The monoisotopic (exact) mass is 212 g/mol. The van der Waals surface area contributed by atoms with Crippen LogP contribution in [-0.2, 0) is 9.09 Å². The lowest BCUT2D eigenvalue weighted by atomic mass is 10.5. The maximum absolute atomic E-state index is 12.0. The van der Waals surface area contributed by atoms with Gasteiger partial charge in [0.2, 0.25) is 7.37 Å². The highest BCUT2D eigenvalue weighted by Gasteiger charge is 2.20. The normalized spacial score (nSPS) is 13.9. The molecule has 0 heterocycles. The zero-order chi connectivity index (χ0) is 10.9. The van der Waals surface area contributed by atoms with Crippen molar-refractivity contribution in [2.75, 3.05) is 18.9 Å². The zero-order valence-corrected chi connectivity index (χ0v) is 9.34. The second-order valence-electron chi connectivity index (χ2n) is 2.89. The summed E-state index contributed by atoms with van der Waals surface area (Å²) in [5.74, 6) is 2.40. The van der Waals surface area contributed by atoms with E-state index >= 15 is 0 Å². The molecular formula is C11H17O2P. The highest BCUT2D eigenvalue weighted by molar-refractivity contribution is 7.59. The lowest BCUT2D eigenvalue weighted by molar-refractivity contribution is 0.322. The van der Waals surface area contributed by atoms with Crippen molar-refractivity contribution < 1.29 is 9.09 Å². The summed E-state index contributed by atoms with van der Waals surface area (Å²) in [7, 11) is -2.62. The smallest absolute Gasteiger partial charge is 0.215 e. The molecule has 0 aromatic rings. The van der Waals surface area contributed by atoms with Gasteiger partial charge in [0.25, 0.3) is 0 Å². The van der Waals surface area contributed by atoms with Gasteiger partial charge in [0.1, 0.15) is 0 Å². The molecule has 14 heavy (non-hydrogen) atoms. The Morgan fingerprint density at radius 1 is 1.36 bits per heavy atom. The Labute approximate surface area is 86.5 Å². The molecule has 2 nitrogen and oxygen atoms in total. The summed E-state index contributed by atoms with van der Waals surface area (Å²) in [4.78, 5) is 0. The van der Waals surface area contributed by atoms with E-state index in [-0.39, 0.29) is 6.16 Å². The Morgan fingerprint density at radius 3 is 2.50 bits per heavy atom. The third-order valence-corrected chi connectivity index (χ3v) is 3.91. The van der Waals surface area contributed by atoms with Crippen LogP contribution in [0, 0.1) is 12.3 Å². The van der Waals surface area contributed by atoms with Gasteiger partial charge in [0, 0.05) is 6.16 Å². The Kier molecular flexibility index (Phi) is 7.20. The third kappa shape index (κ3) is 5.80. The number of hydrogen-bond acceptors (Lipinski definition) is 2. The Hall–Kier alpha value is -0.770. The molecule has 0 aliphatic rings. The molecule has 1 atom stereocenters. The first-order chi connectivity index (χ1) is 6.68. The molecule has 0 bridgehead atoms. The molecule has 3 heteroatoms. The summed E-state index contributed by atoms with van der Waals surface area (Å²) in [5.41, 5.74) is 0. The van der Waals surface area contributed by atoms with Gasteiger partial charge in [-0.1, -0.05) is 18.1 Å². The molecule has 0 rings (SSSR count). The third-order valence-electron chi connectivity index (χ3n) is 1.65. The topological polar surface area (TPSA) is 26.3 Å². The van der Waals surface area contributed by atoms with Crippen LogP contribution < -0.4 is 0 Å². The largest absolute Gasteiger partial charge is 0.327 e. The van der Waals surface area contributed by atoms with Gasteiger partial charge < -0.3 is 4.52 Å². The van der Waals surface area contributed by atoms with Gasteiger partial charge in [-0.05, 0) is 12.8 Å². The molecule has 0 fully saturated rings. The van der Waals surface area contributed by atoms with Gasteiger partial charge in [-0.25, -0.2) is 0 Å². The summed E-state index contributed by atoms with van der Waals surface area (Å²) in [6, 6.07) is 0. The van der Waals surface area contributed by atoms with Crippen molar-refractivity contribution >= 4 is 7.37 Å². The first-order valence-electron chi connectivity index (χ1n) is 4.56. The summed E-state index contributed by atoms with van der Waals surface area (Å²) >= 11 is 0. The van der Waals surface area contributed by atoms with Crippen molar-refractivity contribution in [1.29, 1.82) is 0 Å². The van der Waals surface area contributed by atoms with E-state index in [1.54, 1.807) is 12.2 Å². The molecule has 0 aliphatic carbocycles. The molecule has 78 valence electrons. The molecular weight excluding hydrogens is 195 g/mol. The van der Waals surface area contributed by atoms with Crippen LogP contribution in [0.1, 0.15) is 12.8 Å². The van der Waals surface area contributed by atoms with Crippen molar-refractivity contribution in [3.63, 3.8) is 0 Å². The van der Waals surface area contributed by atoms with Crippen LogP contribution in [0.3, 0.4) is 0 Å². The van der Waals surface area contributed by atoms with Crippen LogP contribution in [-0.4, -0.2) is 18.9 Å². The summed E-state index contributed by atoms with van der Waals surface area (Å²) in [5, 5.41) is 0. The van der Waals surface area contributed by atoms with E-state index < -0.39 is 7.37 Å². The molecule has 0 spiro atoms. The molecule has 0 saturated heterocycles. The quantitative estimate of drug-likeness (QED) is 0.267. The highest BCUT2D eigenvalue weighted by Crippen LogP contribution is 2.46. The van der Waals surface area contributed by atoms with Crippen molar-refractivity contribution in [1.82, 2.24) is 0 Å². The van der Waals surface area contributed by atoms with E-state index in [2.05, 4.69) is 19.1 Å². The van der Waals surface area contributed by atoms with E-state index in [4.69, 9.17) is 10.9 Å². The molecule has 0 aromatic carbocycles. The van der Waals surface area contributed by atoms with E-state index in [1.807, 2.05) is 0 Å². The zero-order valence-electron chi connectivity index (χ0n) is 8.45. The lowest BCUT2D eigenvalue weighted by Gasteiger charge is -2.14. The van der Waals surface area contributed by atoms with Gasteiger partial charge >= 0.3 is 0 Å². The van der Waals surface area contributed by atoms with Gasteiger partial charge in [-0.3, -0.25) is 4.57 Å². The van der Waals surface area contributed by atoms with Crippen LogP contribution in [0.15, 0.2) is 25.3 Å². The minimum Gasteiger partial charge on any atom is -0.327 e. The van der Waals surface area contributed by atoms with Crippen LogP contribution in [0.2, 0.25) is 0 Å². The summed E-state index contributed by atoms with van der Waals surface area (Å²) < 4.78 is 17.3. The fraction of sp³-hybridized carbons (Fsp3) is 0.455. The van der Waals surface area contributed by atoms with E-state index in [0.717, 1.165) is 0 Å². The first-order valence-corrected chi connectivity index (χ1v) is 6.56. The number of rotatable bonds is 8. The molecule has 0 radical (unpaired) electrons. The second-order valence-corrected chi connectivity index (χ2v) is 5.54. The molecule has 0 aliphatic heterocycles. The van der Waals surface area contributed by atoms with E-state index in [1.165, 1.54) is 0 Å². The highest BCUT2D eigenvalue weighted by atomic mass is 31.2. The lowest BCUT2D eigenvalue weighted by Crippen LogP contribution is -1.99. The minimum atomic E-state index is -2.62. The Morgan fingerprint density at radius 2 is 2.00 bits per heavy atom. The molecule has 0 saturated carbocycles. The summed E-state index contributed by atoms with van der Waals surface area (Å²) in [6.07, 6.45) is 10.7. The van der Waals surface area contributed by atoms with E-state index in [9.17, 15) is 4.57 Å². The molecule has 0 amide bonds. The number of allylic oxidation sites excluding steroid dienone is 1. The van der Waals surface area contributed by atoms with Crippen molar-refractivity contribution in [3.8, 4) is 12.3 Å². The van der Waals surface area contributed by atoms with Crippen molar-refractivity contribution in [2.45, 2.75) is 12.8 Å². The average Bonchev–Trinajstić information content (AvgIpc) is 2.16. The van der Waals surface area contributed by atoms with Gasteiger partial charge in [0.05, 0.1) is 12.8 Å². The molecule has 0 N–H and O–H groups in total. The minimum absolute atomic E-state index is 0.206. The Balaban J connectivity index is 4.10. The van der Waals surface area contributed by atoms with Crippen LogP contribution in [0.25, 0.3) is 0 Å². The first kappa shape index (κ1) is 13.2. The standard InChI is InChI=1S/C11H17O2P/c1-4-7-9-13-14(12,10-6-3)11-8-5-2/h3-5H,1-2,7-11H2. The maximum Gasteiger partial charge on any atom is 0.215 e. The van der Waals surface area contributed by atoms with Gasteiger partial charge in [-0.15, -0.1) is 19.6 Å². The van der Waals surface area contributed by atoms with E-state index in [0.29, 0.717) is 25.6 Å². The van der Waals surface area contributed by atoms with Gasteiger partial charge in [0.15, 0.2) is 0 Å². The Bertz CT molecular complexity index is 263. The molecule has 1 unspecified atom stereocenters. The van der Waals surface area contributed by atoms with Crippen molar-refractivity contribution in [2.24, 2.45) is 0 Å². The predicted octanol–water partition coefficient (Wildman–Crippen LogP) is 3.07. The fourth-order valence-corrected chi connectivity index (χ4v) is 2.59. The SMILES string of the molecule is C#CCP(=O)(CCC=C)OCCC=C. The average molecular weight is 212 g/mol. The van der Waals surface area contributed by atoms with Crippen LogP contribution in [0.5, 0.6) is 0 Å². The fourth-order valence-electron chi connectivity index (χ4n) is 0.919. The summed E-state index contributed by atoms with van der Waals surface area (Å²) in [6.45, 7) is 7.57. The predicted molar refractivity (Wildman–Crippen MR) is 61.8 cm³/mol. The maximum atomic E-state index is 12.0. The van der Waals surface area contributed by atoms with Crippen molar-refractivity contribution in [3.05, 3.63) is 25.3 Å².